The van der Waals surface area contributed by atoms with Gasteiger partial charge >= 0.3 is 5.97 Å². The molecule has 0 aliphatic rings. The van der Waals surface area contributed by atoms with Crippen LogP contribution in [0.25, 0.3) is 17.5 Å². The Labute approximate surface area is 126 Å². The largest absolute Gasteiger partial charge is 0.465 e. The summed E-state index contributed by atoms with van der Waals surface area (Å²) < 4.78 is 15.5. The van der Waals surface area contributed by atoms with Crippen molar-refractivity contribution < 1.29 is 18.4 Å². The predicted octanol–water partition coefficient (Wildman–Crippen LogP) is 3.09. The Morgan fingerprint density at radius 1 is 1.14 bits per heavy atom. The van der Waals surface area contributed by atoms with Crippen molar-refractivity contribution in [2.75, 3.05) is 0 Å². The molecule has 0 amide bonds. The summed E-state index contributed by atoms with van der Waals surface area (Å²) in [6, 6.07) is 12.8. The van der Waals surface area contributed by atoms with E-state index in [0.29, 0.717) is 11.7 Å². The van der Waals surface area contributed by atoms with Gasteiger partial charge in [-0.05, 0) is 30.3 Å². The average Bonchev–Trinajstić information content (AvgIpc) is 3.23. The molecule has 0 bridgehead atoms. The number of benzene rings is 1. The number of aromatic nitrogens is 2. The molecule has 0 atom stereocenters. The molecule has 110 valence electrons. The number of esters is 1. The molecule has 0 aliphatic carbocycles. The van der Waals surface area contributed by atoms with Crippen LogP contribution in [0, 0.1) is 0 Å². The van der Waals surface area contributed by atoms with Gasteiger partial charge < -0.3 is 13.6 Å². The molecule has 6 nitrogen and oxygen atoms in total. The third-order valence-electron chi connectivity index (χ3n) is 2.75. The quantitative estimate of drug-likeness (QED) is 0.532. The number of carbonyl (C=O) groups excluding carboxylic acids is 1. The number of rotatable bonds is 5. The van der Waals surface area contributed by atoms with Gasteiger partial charge in [0.25, 0.3) is 5.89 Å². The molecule has 0 fully saturated rings. The number of hydrogen-bond acceptors (Lipinski definition) is 6. The van der Waals surface area contributed by atoms with Crippen molar-refractivity contribution >= 4 is 12.0 Å². The summed E-state index contributed by atoms with van der Waals surface area (Å²) >= 11 is 0. The van der Waals surface area contributed by atoms with E-state index in [1.165, 1.54) is 18.4 Å². The van der Waals surface area contributed by atoms with Crippen molar-refractivity contribution in [3.63, 3.8) is 0 Å². The highest BCUT2D eigenvalue weighted by Crippen LogP contribution is 2.17. The Balaban J connectivity index is 1.56. The lowest BCUT2D eigenvalue weighted by atomic mass is 10.2. The topological polar surface area (TPSA) is 78.4 Å². The van der Waals surface area contributed by atoms with Gasteiger partial charge in [-0.3, -0.25) is 0 Å². The summed E-state index contributed by atoms with van der Waals surface area (Å²) in [5, 5.41) is 7.75. The first-order valence-electron chi connectivity index (χ1n) is 6.57. The van der Waals surface area contributed by atoms with Crippen LogP contribution in [-0.2, 0) is 16.1 Å². The van der Waals surface area contributed by atoms with Gasteiger partial charge in [-0.15, -0.1) is 10.2 Å². The van der Waals surface area contributed by atoms with Crippen LogP contribution in [0.15, 0.2) is 63.6 Å². The Morgan fingerprint density at radius 3 is 2.77 bits per heavy atom. The van der Waals surface area contributed by atoms with Crippen LogP contribution >= 0.6 is 0 Å². The molecule has 0 radical (unpaired) electrons. The molecule has 0 saturated carbocycles. The van der Waals surface area contributed by atoms with E-state index in [9.17, 15) is 4.79 Å². The fraction of sp³-hybridized carbons (Fsp3) is 0.0625. The lowest BCUT2D eigenvalue weighted by Gasteiger charge is -1.96. The molecule has 2 heterocycles. The van der Waals surface area contributed by atoms with Crippen LogP contribution in [0.1, 0.15) is 11.7 Å². The van der Waals surface area contributed by atoms with E-state index < -0.39 is 5.97 Å². The normalized spacial score (nSPS) is 10.9. The lowest BCUT2D eigenvalue weighted by Crippen LogP contribution is -2.00. The maximum absolute atomic E-state index is 11.5. The van der Waals surface area contributed by atoms with E-state index in [0.717, 1.165) is 5.56 Å². The van der Waals surface area contributed by atoms with Gasteiger partial charge in [0.05, 0.1) is 6.26 Å². The van der Waals surface area contributed by atoms with Crippen LogP contribution in [-0.4, -0.2) is 16.2 Å². The molecule has 2 aromatic heterocycles. The lowest BCUT2D eigenvalue weighted by molar-refractivity contribution is -0.139. The molecule has 3 rings (SSSR count). The van der Waals surface area contributed by atoms with E-state index in [1.807, 2.05) is 30.3 Å². The third kappa shape index (κ3) is 3.49. The van der Waals surface area contributed by atoms with Gasteiger partial charge in [0.15, 0.2) is 6.61 Å². The minimum Gasteiger partial charge on any atom is -0.465 e. The first-order valence-corrected chi connectivity index (χ1v) is 6.57. The highest BCUT2D eigenvalue weighted by Gasteiger charge is 2.09. The number of nitrogens with zero attached hydrogens (tertiary/aromatic N) is 2. The van der Waals surface area contributed by atoms with E-state index >= 15 is 0 Å². The van der Waals surface area contributed by atoms with Crippen LogP contribution in [0.5, 0.6) is 0 Å². The molecular formula is C16H12N2O4. The van der Waals surface area contributed by atoms with Gasteiger partial charge in [-0.25, -0.2) is 4.79 Å². The standard InChI is InChI=1S/C16H12N2O4/c19-15(9-8-13-7-4-10-20-13)21-11-14-17-18-16(22-14)12-5-2-1-3-6-12/h1-10H,11H2. The first-order chi connectivity index (χ1) is 10.8. The summed E-state index contributed by atoms with van der Waals surface area (Å²) in [5.41, 5.74) is 0.810. The average molecular weight is 296 g/mol. The van der Waals surface area contributed by atoms with Gasteiger partial charge in [0.2, 0.25) is 5.89 Å². The monoisotopic (exact) mass is 296 g/mol. The van der Waals surface area contributed by atoms with Crippen molar-refractivity contribution in [3.05, 3.63) is 66.5 Å². The predicted molar refractivity (Wildman–Crippen MR) is 77.3 cm³/mol. The Morgan fingerprint density at radius 2 is 2.00 bits per heavy atom. The highest BCUT2D eigenvalue weighted by atomic mass is 16.5. The van der Waals surface area contributed by atoms with Crippen molar-refractivity contribution in [3.8, 4) is 11.5 Å². The van der Waals surface area contributed by atoms with E-state index in [-0.39, 0.29) is 12.5 Å². The van der Waals surface area contributed by atoms with Gasteiger partial charge in [0, 0.05) is 11.6 Å². The number of carbonyl (C=O) groups is 1. The van der Waals surface area contributed by atoms with E-state index in [4.69, 9.17) is 13.6 Å². The summed E-state index contributed by atoms with van der Waals surface area (Å²) in [4.78, 5) is 11.5. The van der Waals surface area contributed by atoms with Crippen LogP contribution in [0.3, 0.4) is 0 Å². The zero-order valence-corrected chi connectivity index (χ0v) is 11.5. The second-order valence-corrected chi connectivity index (χ2v) is 4.32. The summed E-state index contributed by atoms with van der Waals surface area (Å²) in [5.74, 6) is 0.674. The van der Waals surface area contributed by atoms with Crippen LogP contribution in [0.2, 0.25) is 0 Å². The number of furan rings is 1. The summed E-state index contributed by atoms with van der Waals surface area (Å²) in [6.45, 7) is -0.0822. The fourth-order valence-corrected chi connectivity index (χ4v) is 1.73. The molecule has 1 aromatic carbocycles. The maximum Gasteiger partial charge on any atom is 0.331 e. The molecule has 0 spiro atoms. The minimum atomic E-state index is -0.518. The SMILES string of the molecule is O=C(C=Cc1ccco1)OCc1nnc(-c2ccccc2)o1. The smallest absolute Gasteiger partial charge is 0.331 e. The highest BCUT2D eigenvalue weighted by molar-refractivity contribution is 5.86. The van der Waals surface area contributed by atoms with Crippen molar-refractivity contribution in [1.82, 2.24) is 10.2 Å². The van der Waals surface area contributed by atoms with Gasteiger partial charge in [-0.2, -0.15) is 0 Å². The molecule has 0 N–H and O–H groups in total. The fourth-order valence-electron chi connectivity index (χ4n) is 1.73. The van der Waals surface area contributed by atoms with Crippen LogP contribution in [0.4, 0.5) is 0 Å². The molecule has 0 aliphatic heterocycles. The zero-order chi connectivity index (χ0) is 15.2. The van der Waals surface area contributed by atoms with Crippen molar-refractivity contribution in [2.45, 2.75) is 6.61 Å². The molecule has 6 heteroatoms. The Bertz CT molecular complexity index is 761. The molecule has 22 heavy (non-hydrogen) atoms. The Hall–Kier alpha value is -3.15. The van der Waals surface area contributed by atoms with Gasteiger partial charge in [0.1, 0.15) is 5.76 Å². The molecule has 3 aromatic rings. The molecular weight excluding hydrogens is 284 g/mol. The number of ether oxygens (including phenoxy) is 1. The van der Waals surface area contributed by atoms with Crippen molar-refractivity contribution in [1.29, 1.82) is 0 Å². The third-order valence-corrected chi connectivity index (χ3v) is 2.75. The Kier molecular flexibility index (Phi) is 4.10. The first kappa shape index (κ1) is 13.8. The zero-order valence-electron chi connectivity index (χ0n) is 11.5. The van der Waals surface area contributed by atoms with E-state index in [2.05, 4.69) is 10.2 Å². The minimum absolute atomic E-state index is 0.0822. The number of hydrogen-bond donors (Lipinski definition) is 0. The summed E-state index contributed by atoms with van der Waals surface area (Å²) in [6.07, 6.45) is 4.31. The van der Waals surface area contributed by atoms with E-state index in [1.54, 1.807) is 12.1 Å². The maximum atomic E-state index is 11.5. The van der Waals surface area contributed by atoms with Gasteiger partial charge in [-0.1, -0.05) is 18.2 Å². The molecule has 0 saturated heterocycles. The van der Waals surface area contributed by atoms with Crippen molar-refractivity contribution in [2.24, 2.45) is 0 Å². The van der Waals surface area contributed by atoms with Crippen LogP contribution < -0.4 is 0 Å². The second-order valence-electron chi connectivity index (χ2n) is 4.32. The summed E-state index contributed by atoms with van der Waals surface area (Å²) in [7, 11) is 0. The second kappa shape index (κ2) is 6.53. The molecule has 0 unspecified atom stereocenters.